The topological polar surface area (TPSA) is 53.9 Å². The maximum Gasteiger partial charge on any atom is 0.347 e. The van der Waals surface area contributed by atoms with Crippen molar-refractivity contribution in [3.8, 4) is 5.69 Å². The number of hydrogen-bond acceptors (Lipinski definition) is 3. The molecule has 20 heavy (non-hydrogen) atoms. The molecule has 1 saturated heterocycles. The predicted octanol–water partition coefficient (Wildman–Crippen LogP) is 1.12. The highest BCUT2D eigenvalue weighted by atomic mass is 16.1. The van der Waals surface area contributed by atoms with Gasteiger partial charge in [0.1, 0.15) is 6.33 Å². The van der Waals surface area contributed by atoms with E-state index in [-0.39, 0.29) is 5.69 Å². The third-order valence-electron chi connectivity index (χ3n) is 4.56. The zero-order valence-corrected chi connectivity index (χ0v) is 11.4. The monoisotopic (exact) mass is 270 g/mol. The average Bonchev–Trinajstić information content (AvgIpc) is 3.17. The number of likely N-dealkylation sites (tertiary alicyclic amines) is 1. The Balaban J connectivity index is 1.63. The molecule has 0 spiro atoms. The zero-order chi connectivity index (χ0) is 13.5. The summed E-state index contributed by atoms with van der Waals surface area (Å²) >= 11 is 0. The molecule has 104 valence electrons. The van der Waals surface area contributed by atoms with E-state index in [1.807, 2.05) is 6.07 Å². The Morgan fingerprint density at radius 2 is 1.95 bits per heavy atom. The van der Waals surface area contributed by atoms with Gasteiger partial charge < -0.3 is 0 Å². The lowest BCUT2D eigenvalue weighted by Gasteiger charge is -2.22. The van der Waals surface area contributed by atoms with Crippen LogP contribution in [-0.4, -0.2) is 38.8 Å². The highest BCUT2D eigenvalue weighted by molar-refractivity contribution is 5.43. The molecule has 4 rings (SSSR count). The van der Waals surface area contributed by atoms with Crippen molar-refractivity contribution in [3.63, 3.8) is 0 Å². The van der Waals surface area contributed by atoms with Gasteiger partial charge in [-0.3, -0.25) is 9.88 Å². The minimum atomic E-state index is -0.181. The predicted molar refractivity (Wildman–Crippen MR) is 76.2 cm³/mol. The molecular weight excluding hydrogens is 252 g/mol. The fraction of sp³-hybridized carbons (Fsp3) is 0.467. The average molecular weight is 270 g/mol. The first-order chi connectivity index (χ1) is 9.81. The van der Waals surface area contributed by atoms with E-state index in [4.69, 9.17) is 0 Å². The Hall–Kier alpha value is -1.88. The zero-order valence-electron chi connectivity index (χ0n) is 11.4. The maximum atomic E-state index is 11.6. The number of aromatic amines is 1. The molecule has 1 fully saturated rings. The van der Waals surface area contributed by atoms with Crippen LogP contribution in [0.4, 0.5) is 0 Å². The number of aromatic nitrogens is 3. The van der Waals surface area contributed by atoms with Gasteiger partial charge in [-0.1, -0.05) is 6.07 Å². The summed E-state index contributed by atoms with van der Waals surface area (Å²) in [5, 5.41) is 4.05. The van der Waals surface area contributed by atoms with Crippen molar-refractivity contribution in [3.05, 3.63) is 46.1 Å². The summed E-state index contributed by atoms with van der Waals surface area (Å²) < 4.78 is 1.42. The minimum absolute atomic E-state index is 0.181. The van der Waals surface area contributed by atoms with Crippen molar-refractivity contribution in [2.45, 2.75) is 31.7 Å². The molecule has 1 atom stereocenters. The third-order valence-corrected chi connectivity index (χ3v) is 4.56. The molecule has 2 aliphatic rings. The van der Waals surface area contributed by atoms with E-state index < -0.39 is 0 Å². The molecule has 1 aliphatic heterocycles. The van der Waals surface area contributed by atoms with Crippen LogP contribution >= 0.6 is 0 Å². The second kappa shape index (κ2) is 4.59. The van der Waals surface area contributed by atoms with E-state index in [9.17, 15) is 4.79 Å². The number of nitrogens with zero attached hydrogens (tertiary/aromatic N) is 3. The Bertz CT molecular complexity index is 681. The SMILES string of the molecule is O=c1[nH]cnn1-c1ccc2c(c1)CC(N1CCCC1)C2. The van der Waals surface area contributed by atoms with Crippen LogP contribution in [0.25, 0.3) is 5.69 Å². The van der Waals surface area contributed by atoms with Crippen molar-refractivity contribution < 1.29 is 0 Å². The van der Waals surface area contributed by atoms with E-state index in [1.165, 1.54) is 48.1 Å². The fourth-order valence-electron chi connectivity index (χ4n) is 3.52. The van der Waals surface area contributed by atoms with Crippen LogP contribution < -0.4 is 5.69 Å². The van der Waals surface area contributed by atoms with Crippen LogP contribution in [-0.2, 0) is 12.8 Å². The van der Waals surface area contributed by atoms with Crippen LogP contribution in [0.3, 0.4) is 0 Å². The first-order valence-corrected chi connectivity index (χ1v) is 7.30. The van der Waals surface area contributed by atoms with Crippen molar-refractivity contribution in [1.29, 1.82) is 0 Å². The van der Waals surface area contributed by atoms with Crippen LogP contribution in [0.1, 0.15) is 24.0 Å². The van der Waals surface area contributed by atoms with Crippen molar-refractivity contribution >= 4 is 0 Å². The van der Waals surface area contributed by atoms with Gasteiger partial charge in [0, 0.05) is 6.04 Å². The number of benzene rings is 1. The molecule has 0 saturated carbocycles. The smallest absolute Gasteiger partial charge is 0.300 e. The van der Waals surface area contributed by atoms with Gasteiger partial charge in [-0.05, 0) is 62.0 Å². The summed E-state index contributed by atoms with van der Waals surface area (Å²) in [6.07, 6.45) is 6.34. The van der Waals surface area contributed by atoms with Gasteiger partial charge in [-0.15, -0.1) is 0 Å². The first kappa shape index (κ1) is 11.9. The lowest BCUT2D eigenvalue weighted by Crippen LogP contribution is -2.33. The molecule has 0 radical (unpaired) electrons. The van der Waals surface area contributed by atoms with Gasteiger partial charge in [-0.2, -0.15) is 9.78 Å². The number of rotatable bonds is 2. The van der Waals surface area contributed by atoms with Gasteiger partial charge in [0.05, 0.1) is 5.69 Å². The maximum absolute atomic E-state index is 11.6. The molecule has 1 aliphatic carbocycles. The first-order valence-electron chi connectivity index (χ1n) is 7.30. The van der Waals surface area contributed by atoms with Crippen molar-refractivity contribution in [2.24, 2.45) is 0 Å². The normalized spacial score (nSPS) is 22.3. The molecule has 5 nitrogen and oxygen atoms in total. The van der Waals surface area contributed by atoms with Gasteiger partial charge in [0.25, 0.3) is 0 Å². The molecule has 1 N–H and O–H groups in total. The number of nitrogens with one attached hydrogen (secondary N) is 1. The van der Waals surface area contributed by atoms with Crippen LogP contribution in [0.15, 0.2) is 29.3 Å². The van der Waals surface area contributed by atoms with Crippen molar-refractivity contribution in [1.82, 2.24) is 19.7 Å². The lowest BCUT2D eigenvalue weighted by atomic mass is 10.1. The van der Waals surface area contributed by atoms with E-state index in [1.54, 1.807) is 0 Å². The summed E-state index contributed by atoms with van der Waals surface area (Å²) in [5.74, 6) is 0. The summed E-state index contributed by atoms with van der Waals surface area (Å²) in [6.45, 7) is 2.48. The Labute approximate surface area is 117 Å². The molecule has 1 aromatic carbocycles. The van der Waals surface area contributed by atoms with Gasteiger partial charge in [-0.25, -0.2) is 4.79 Å². The van der Waals surface area contributed by atoms with Crippen molar-refractivity contribution in [2.75, 3.05) is 13.1 Å². The van der Waals surface area contributed by atoms with Gasteiger partial charge in [0.2, 0.25) is 0 Å². The summed E-state index contributed by atoms with van der Waals surface area (Å²) in [7, 11) is 0. The van der Waals surface area contributed by atoms with E-state index in [0.29, 0.717) is 6.04 Å². The molecular formula is C15H18N4O. The summed E-state index contributed by atoms with van der Waals surface area (Å²) in [4.78, 5) is 16.8. The van der Waals surface area contributed by atoms with E-state index in [0.717, 1.165) is 18.5 Å². The van der Waals surface area contributed by atoms with Gasteiger partial charge >= 0.3 is 5.69 Å². The van der Waals surface area contributed by atoms with Crippen LogP contribution in [0.2, 0.25) is 0 Å². The number of H-pyrrole nitrogens is 1. The highest BCUT2D eigenvalue weighted by Gasteiger charge is 2.28. The lowest BCUT2D eigenvalue weighted by molar-refractivity contribution is 0.250. The molecule has 0 bridgehead atoms. The fourth-order valence-corrected chi connectivity index (χ4v) is 3.52. The second-order valence-electron chi connectivity index (χ2n) is 5.76. The molecule has 1 unspecified atom stereocenters. The van der Waals surface area contributed by atoms with Gasteiger partial charge in [0.15, 0.2) is 0 Å². The standard InChI is InChI=1S/C15H18N4O/c20-15-16-10-17-19(15)13-4-3-11-7-14(9-12(11)8-13)18-5-1-2-6-18/h3-4,8,10,14H,1-2,5-7,9H2,(H,16,17,20). The molecule has 5 heteroatoms. The van der Waals surface area contributed by atoms with Crippen LogP contribution in [0.5, 0.6) is 0 Å². The van der Waals surface area contributed by atoms with E-state index >= 15 is 0 Å². The summed E-state index contributed by atoms with van der Waals surface area (Å²) in [6, 6.07) is 6.92. The molecule has 2 aromatic rings. The summed E-state index contributed by atoms with van der Waals surface area (Å²) in [5.41, 5.74) is 3.47. The third kappa shape index (κ3) is 1.89. The Morgan fingerprint density at radius 1 is 1.15 bits per heavy atom. The number of fused-ring (bicyclic) bond motifs is 1. The molecule has 1 aromatic heterocycles. The largest absolute Gasteiger partial charge is 0.347 e. The second-order valence-corrected chi connectivity index (χ2v) is 5.76. The van der Waals surface area contributed by atoms with Crippen LogP contribution in [0, 0.1) is 0 Å². The molecule has 2 heterocycles. The quantitative estimate of drug-likeness (QED) is 0.890. The molecule has 0 amide bonds. The minimum Gasteiger partial charge on any atom is -0.300 e. The Kier molecular flexibility index (Phi) is 2.73. The van der Waals surface area contributed by atoms with E-state index in [2.05, 4.69) is 27.1 Å². The number of hydrogen-bond donors (Lipinski definition) is 1. The highest BCUT2D eigenvalue weighted by Crippen LogP contribution is 2.29. The Morgan fingerprint density at radius 3 is 2.70 bits per heavy atom.